The van der Waals surface area contributed by atoms with Crippen LogP contribution in [0, 0.1) is 23.2 Å². The van der Waals surface area contributed by atoms with Crippen molar-refractivity contribution in [1.82, 2.24) is 4.98 Å². The van der Waals surface area contributed by atoms with E-state index in [1.54, 1.807) is 12.1 Å². The van der Waals surface area contributed by atoms with E-state index in [1.165, 1.54) is 6.20 Å². The van der Waals surface area contributed by atoms with Crippen LogP contribution in [0.4, 0.5) is 0 Å². The summed E-state index contributed by atoms with van der Waals surface area (Å²) in [5, 5.41) is 8.63. The van der Waals surface area contributed by atoms with Gasteiger partial charge >= 0.3 is 0 Å². The lowest BCUT2D eigenvalue weighted by atomic mass is 10.2. The number of hydrogen-bond donors (Lipinski definition) is 0. The van der Waals surface area contributed by atoms with Gasteiger partial charge in [0, 0.05) is 6.20 Å². The first-order chi connectivity index (χ1) is 6.38. The fraction of sp³-hybridized carbons (Fsp3) is 0.100. The van der Waals surface area contributed by atoms with Crippen molar-refractivity contribution in [2.45, 2.75) is 6.42 Å². The van der Waals surface area contributed by atoms with Crippen LogP contribution in [-0.4, -0.2) is 11.3 Å². The summed E-state index contributed by atoms with van der Waals surface area (Å²) in [6.07, 6.45) is 2.43. The topological polar surface area (TPSA) is 53.8 Å². The van der Waals surface area contributed by atoms with Crippen LogP contribution in [0.5, 0.6) is 0 Å². The Kier molecular flexibility index (Phi) is 3.23. The molecule has 62 valence electrons. The largest absolute Gasteiger partial charge is 0.302 e. The molecule has 1 aromatic rings. The normalized spacial score (nSPS) is 7.92. The number of aldehydes is 1. The molecule has 0 amide bonds. The fourth-order valence-electron chi connectivity index (χ4n) is 0.783. The molecule has 0 unspecified atom stereocenters. The Morgan fingerprint density at radius 3 is 3.15 bits per heavy atom. The lowest BCUT2D eigenvalue weighted by Crippen LogP contribution is -1.86. The lowest BCUT2D eigenvalue weighted by molar-refractivity contribution is -0.107. The maximum Gasteiger partial charge on any atom is 0.156 e. The maximum atomic E-state index is 9.97. The van der Waals surface area contributed by atoms with Gasteiger partial charge < -0.3 is 4.79 Å². The summed E-state index contributed by atoms with van der Waals surface area (Å²) in [4.78, 5) is 13.8. The minimum atomic E-state index is 0.180. The maximum absolute atomic E-state index is 9.97. The monoisotopic (exact) mass is 170 g/mol. The van der Waals surface area contributed by atoms with Gasteiger partial charge in [0.1, 0.15) is 12.4 Å². The van der Waals surface area contributed by atoms with E-state index >= 15 is 0 Å². The van der Waals surface area contributed by atoms with Gasteiger partial charge in [-0.05, 0) is 12.1 Å². The van der Waals surface area contributed by atoms with E-state index in [9.17, 15) is 4.79 Å². The van der Waals surface area contributed by atoms with Crippen LogP contribution in [0.3, 0.4) is 0 Å². The average Bonchev–Trinajstić information content (AvgIpc) is 2.19. The Bertz CT molecular complexity index is 407. The van der Waals surface area contributed by atoms with E-state index in [0.29, 0.717) is 11.3 Å². The fourth-order valence-corrected chi connectivity index (χ4v) is 0.783. The summed E-state index contributed by atoms with van der Waals surface area (Å²) in [6.45, 7) is 0. The first kappa shape index (κ1) is 8.96. The molecule has 0 aliphatic heterocycles. The van der Waals surface area contributed by atoms with Gasteiger partial charge in [-0.2, -0.15) is 5.26 Å². The average molecular weight is 170 g/mol. The van der Waals surface area contributed by atoms with Crippen molar-refractivity contribution in [3.8, 4) is 17.9 Å². The molecule has 1 heterocycles. The van der Waals surface area contributed by atoms with E-state index in [-0.39, 0.29) is 6.42 Å². The standard InChI is InChI=1S/C10H6N2O/c11-8-10-9(4-1-2-7-13)5-3-6-12-10/h3,5-7H,2H2. The second kappa shape index (κ2) is 4.69. The summed E-state index contributed by atoms with van der Waals surface area (Å²) in [5.41, 5.74) is 0.854. The number of rotatable bonds is 1. The van der Waals surface area contributed by atoms with Crippen LogP contribution in [0.15, 0.2) is 18.3 Å². The van der Waals surface area contributed by atoms with Crippen LogP contribution in [0.25, 0.3) is 0 Å². The molecule has 0 saturated carbocycles. The van der Waals surface area contributed by atoms with E-state index in [0.717, 1.165) is 6.29 Å². The molecule has 0 bridgehead atoms. The SMILES string of the molecule is N#Cc1ncccc1C#CCC=O. The summed E-state index contributed by atoms with van der Waals surface area (Å²) in [7, 11) is 0. The van der Waals surface area contributed by atoms with Gasteiger partial charge in [-0.25, -0.2) is 4.98 Å². The van der Waals surface area contributed by atoms with E-state index in [4.69, 9.17) is 5.26 Å². The predicted molar refractivity (Wildman–Crippen MR) is 46.5 cm³/mol. The smallest absolute Gasteiger partial charge is 0.156 e. The molecular formula is C10H6N2O. The molecule has 0 spiro atoms. The number of aromatic nitrogens is 1. The summed E-state index contributed by atoms with van der Waals surface area (Å²) in [6, 6.07) is 5.32. The van der Waals surface area contributed by atoms with Gasteiger partial charge in [-0.1, -0.05) is 11.8 Å². The van der Waals surface area contributed by atoms with E-state index in [2.05, 4.69) is 16.8 Å². The van der Waals surface area contributed by atoms with Crippen molar-refractivity contribution < 1.29 is 4.79 Å². The van der Waals surface area contributed by atoms with Crippen LogP contribution in [0.2, 0.25) is 0 Å². The highest BCUT2D eigenvalue weighted by Gasteiger charge is 1.96. The minimum absolute atomic E-state index is 0.180. The van der Waals surface area contributed by atoms with Gasteiger partial charge in [-0.3, -0.25) is 0 Å². The second-order valence-electron chi connectivity index (χ2n) is 2.18. The van der Waals surface area contributed by atoms with Gasteiger partial charge in [-0.15, -0.1) is 0 Å². The first-order valence-corrected chi connectivity index (χ1v) is 3.66. The van der Waals surface area contributed by atoms with Crippen LogP contribution in [-0.2, 0) is 4.79 Å². The van der Waals surface area contributed by atoms with Crippen molar-refractivity contribution in [3.05, 3.63) is 29.6 Å². The molecule has 0 saturated heterocycles. The molecule has 3 nitrogen and oxygen atoms in total. The molecule has 1 aromatic heterocycles. The number of carbonyl (C=O) groups excluding carboxylic acids is 1. The Hall–Kier alpha value is -2.13. The van der Waals surface area contributed by atoms with Crippen molar-refractivity contribution in [2.75, 3.05) is 0 Å². The van der Waals surface area contributed by atoms with Crippen molar-refractivity contribution in [2.24, 2.45) is 0 Å². The first-order valence-electron chi connectivity index (χ1n) is 3.66. The molecule has 0 aromatic carbocycles. The van der Waals surface area contributed by atoms with Gasteiger partial charge in [0.2, 0.25) is 0 Å². The highest BCUT2D eigenvalue weighted by molar-refractivity contribution is 5.55. The number of carbonyl (C=O) groups is 1. The predicted octanol–water partition coefficient (Wildman–Crippen LogP) is 0.894. The van der Waals surface area contributed by atoms with Crippen molar-refractivity contribution >= 4 is 6.29 Å². The minimum Gasteiger partial charge on any atom is -0.302 e. The third-order valence-corrected chi connectivity index (χ3v) is 1.32. The van der Waals surface area contributed by atoms with Gasteiger partial charge in [0.25, 0.3) is 0 Å². The zero-order valence-corrected chi connectivity index (χ0v) is 6.82. The summed E-state index contributed by atoms with van der Waals surface area (Å²) < 4.78 is 0. The molecule has 1 rings (SSSR count). The zero-order chi connectivity index (χ0) is 9.52. The molecule has 0 aliphatic rings. The molecule has 3 heteroatoms. The van der Waals surface area contributed by atoms with Crippen LogP contribution in [0.1, 0.15) is 17.7 Å². The number of hydrogen-bond acceptors (Lipinski definition) is 3. The van der Waals surface area contributed by atoms with Crippen LogP contribution >= 0.6 is 0 Å². The van der Waals surface area contributed by atoms with Gasteiger partial charge in [0.05, 0.1) is 12.0 Å². The summed E-state index contributed by atoms with van der Waals surface area (Å²) in [5.74, 6) is 5.32. The number of pyridine rings is 1. The molecule has 0 fully saturated rings. The lowest BCUT2D eigenvalue weighted by Gasteiger charge is -1.90. The molecule has 0 atom stereocenters. The molecule has 0 N–H and O–H groups in total. The molecule has 13 heavy (non-hydrogen) atoms. The molecule has 0 aliphatic carbocycles. The summed E-state index contributed by atoms with van der Waals surface area (Å²) >= 11 is 0. The van der Waals surface area contributed by atoms with Crippen molar-refractivity contribution in [1.29, 1.82) is 5.26 Å². The molecular weight excluding hydrogens is 164 g/mol. The van der Waals surface area contributed by atoms with Gasteiger partial charge in [0.15, 0.2) is 5.69 Å². The van der Waals surface area contributed by atoms with E-state index < -0.39 is 0 Å². The van der Waals surface area contributed by atoms with Crippen LogP contribution < -0.4 is 0 Å². The quantitative estimate of drug-likeness (QED) is 0.464. The Labute approximate surface area is 76.0 Å². The highest BCUT2D eigenvalue weighted by atomic mass is 16.1. The highest BCUT2D eigenvalue weighted by Crippen LogP contribution is 2.00. The number of nitriles is 1. The zero-order valence-electron chi connectivity index (χ0n) is 6.82. The van der Waals surface area contributed by atoms with Crippen molar-refractivity contribution in [3.63, 3.8) is 0 Å². The Balaban J connectivity index is 2.97. The number of nitrogens with zero attached hydrogens (tertiary/aromatic N) is 2. The third-order valence-electron chi connectivity index (χ3n) is 1.32. The second-order valence-corrected chi connectivity index (χ2v) is 2.18. The Morgan fingerprint density at radius 1 is 1.62 bits per heavy atom. The Morgan fingerprint density at radius 2 is 2.46 bits per heavy atom. The van der Waals surface area contributed by atoms with E-state index in [1.807, 2.05) is 6.07 Å². The molecule has 0 radical (unpaired) electrons. The third kappa shape index (κ3) is 2.43.